The van der Waals surface area contributed by atoms with Crippen LogP contribution in [0.15, 0.2) is 24.3 Å². The molecular formula is C17H24O. The lowest BCUT2D eigenvalue weighted by molar-refractivity contribution is 0.155. The molecular weight excluding hydrogens is 220 g/mol. The van der Waals surface area contributed by atoms with Gasteiger partial charge in [-0.15, -0.1) is 0 Å². The van der Waals surface area contributed by atoms with E-state index in [0.717, 1.165) is 29.9 Å². The molecule has 3 rings (SSSR count). The summed E-state index contributed by atoms with van der Waals surface area (Å²) in [7, 11) is 0. The third kappa shape index (κ3) is 3.07. The van der Waals surface area contributed by atoms with Crippen molar-refractivity contribution in [1.29, 1.82) is 0 Å². The number of hydrogen-bond acceptors (Lipinski definition) is 1. The molecule has 0 heterocycles. The first kappa shape index (κ1) is 12.1. The summed E-state index contributed by atoms with van der Waals surface area (Å²) in [5, 5.41) is 0. The van der Waals surface area contributed by atoms with Gasteiger partial charge in [0.2, 0.25) is 0 Å². The average molecular weight is 244 g/mol. The minimum Gasteiger partial charge on any atom is -0.490 e. The van der Waals surface area contributed by atoms with E-state index in [-0.39, 0.29) is 0 Å². The normalized spacial score (nSPS) is 19.6. The lowest BCUT2D eigenvalue weighted by Crippen LogP contribution is -2.21. The molecule has 0 saturated heterocycles. The highest BCUT2D eigenvalue weighted by atomic mass is 16.5. The van der Waals surface area contributed by atoms with Crippen LogP contribution in [0.2, 0.25) is 0 Å². The van der Waals surface area contributed by atoms with Crippen LogP contribution in [-0.4, -0.2) is 6.10 Å². The van der Waals surface area contributed by atoms with Crippen molar-refractivity contribution in [3.05, 3.63) is 29.8 Å². The third-order valence-corrected chi connectivity index (χ3v) is 4.01. The predicted octanol–water partition coefficient (Wildman–Crippen LogP) is 4.45. The lowest BCUT2D eigenvalue weighted by atomic mass is 10.0. The maximum atomic E-state index is 6.22. The number of ether oxygens (including phenoxy) is 1. The molecule has 1 aromatic rings. The van der Waals surface area contributed by atoms with E-state index in [0.29, 0.717) is 6.10 Å². The van der Waals surface area contributed by atoms with Crippen LogP contribution in [-0.2, 0) is 6.42 Å². The molecule has 0 unspecified atom stereocenters. The van der Waals surface area contributed by atoms with Gasteiger partial charge in [0, 0.05) is 0 Å². The summed E-state index contributed by atoms with van der Waals surface area (Å²) in [4.78, 5) is 0. The largest absolute Gasteiger partial charge is 0.490 e. The Bertz CT molecular complexity index is 373. The van der Waals surface area contributed by atoms with Gasteiger partial charge in [-0.25, -0.2) is 0 Å². The summed E-state index contributed by atoms with van der Waals surface area (Å²) in [5.74, 6) is 3.51. The lowest BCUT2D eigenvalue weighted by Gasteiger charge is -2.18. The van der Waals surface area contributed by atoms with Crippen LogP contribution in [0, 0.1) is 17.8 Å². The van der Waals surface area contributed by atoms with Gasteiger partial charge in [-0.1, -0.05) is 26.0 Å². The Kier molecular flexibility index (Phi) is 3.32. The molecule has 2 aliphatic rings. The molecule has 0 aromatic heterocycles. The molecule has 18 heavy (non-hydrogen) atoms. The van der Waals surface area contributed by atoms with Crippen molar-refractivity contribution in [3.63, 3.8) is 0 Å². The topological polar surface area (TPSA) is 9.23 Å². The summed E-state index contributed by atoms with van der Waals surface area (Å²) < 4.78 is 6.22. The molecule has 0 amide bonds. The van der Waals surface area contributed by atoms with Crippen molar-refractivity contribution in [3.8, 4) is 5.75 Å². The molecule has 1 nitrogen and oxygen atoms in total. The van der Waals surface area contributed by atoms with Gasteiger partial charge < -0.3 is 4.74 Å². The van der Waals surface area contributed by atoms with E-state index < -0.39 is 0 Å². The Morgan fingerprint density at radius 1 is 1.00 bits per heavy atom. The summed E-state index contributed by atoms with van der Waals surface area (Å²) in [6.45, 7) is 4.53. The van der Waals surface area contributed by atoms with Crippen LogP contribution in [0.5, 0.6) is 5.75 Å². The molecule has 1 heteroatoms. The molecule has 2 aliphatic carbocycles. The molecule has 2 saturated carbocycles. The SMILES string of the molecule is CC(C)Cc1ccc(OC(C2CC2)C2CC2)cc1. The van der Waals surface area contributed by atoms with E-state index in [2.05, 4.69) is 38.1 Å². The Balaban J connectivity index is 1.61. The van der Waals surface area contributed by atoms with Gasteiger partial charge in [0.15, 0.2) is 0 Å². The molecule has 0 radical (unpaired) electrons. The molecule has 0 N–H and O–H groups in total. The zero-order valence-electron chi connectivity index (χ0n) is 11.6. The van der Waals surface area contributed by atoms with E-state index in [1.807, 2.05) is 0 Å². The molecule has 0 aliphatic heterocycles. The van der Waals surface area contributed by atoms with Crippen molar-refractivity contribution in [2.45, 2.75) is 52.1 Å². The average Bonchev–Trinajstić information content (AvgIpc) is 3.20. The summed E-state index contributed by atoms with van der Waals surface area (Å²) in [6, 6.07) is 8.78. The minimum atomic E-state index is 0.515. The van der Waals surface area contributed by atoms with Gasteiger partial charge >= 0.3 is 0 Å². The predicted molar refractivity (Wildman–Crippen MR) is 74.8 cm³/mol. The van der Waals surface area contributed by atoms with Gasteiger partial charge in [0.05, 0.1) is 0 Å². The quantitative estimate of drug-likeness (QED) is 0.718. The highest BCUT2D eigenvalue weighted by Gasteiger charge is 2.43. The van der Waals surface area contributed by atoms with E-state index in [1.54, 1.807) is 0 Å². The van der Waals surface area contributed by atoms with Crippen LogP contribution >= 0.6 is 0 Å². The minimum absolute atomic E-state index is 0.515. The van der Waals surface area contributed by atoms with Crippen molar-refractivity contribution in [2.24, 2.45) is 17.8 Å². The van der Waals surface area contributed by atoms with E-state index in [1.165, 1.54) is 31.2 Å². The van der Waals surface area contributed by atoms with Crippen molar-refractivity contribution >= 4 is 0 Å². The standard InChI is InChI=1S/C17H24O/c1-12(2)11-13-3-9-16(10-4-13)18-17(14-5-6-14)15-7-8-15/h3-4,9-10,12,14-15,17H,5-8,11H2,1-2H3. The van der Waals surface area contributed by atoms with E-state index in [9.17, 15) is 0 Å². The fourth-order valence-electron chi connectivity index (χ4n) is 2.76. The van der Waals surface area contributed by atoms with Gasteiger partial charge in [-0.05, 0) is 67.6 Å². The highest BCUT2D eigenvalue weighted by molar-refractivity contribution is 5.28. The second-order valence-corrected chi connectivity index (χ2v) is 6.50. The zero-order chi connectivity index (χ0) is 12.5. The smallest absolute Gasteiger partial charge is 0.119 e. The van der Waals surface area contributed by atoms with Crippen LogP contribution in [0.3, 0.4) is 0 Å². The Morgan fingerprint density at radius 2 is 1.56 bits per heavy atom. The first-order valence-electron chi connectivity index (χ1n) is 7.48. The summed E-state index contributed by atoms with van der Waals surface area (Å²) in [6.07, 6.45) is 7.20. The van der Waals surface area contributed by atoms with Crippen molar-refractivity contribution < 1.29 is 4.74 Å². The maximum Gasteiger partial charge on any atom is 0.119 e. The molecule has 0 spiro atoms. The molecule has 0 atom stereocenters. The number of rotatable bonds is 6. The molecule has 0 bridgehead atoms. The summed E-state index contributed by atoms with van der Waals surface area (Å²) in [5.41, 5.74) is 1.42. The Hall–Kier alpha value is -0.980. The van der Waals surface area contributed by atoms with Crippen LogP contribution < -0.4 is 4.74 Å². The fraction of sp³-hybridized carbons (Fsp3) is 0.647. The van der Waals surface area contributed by atoms with E-state index >= 15 is 0 Å². The number of benzene rings is 1. The van der Waals surface area contributed by atoms with Crippen molar-refractivity contribution in [2.75, 3.05) is 0 Å². The third-order valence-electron chi connectivity index (χ3n) is 4.01. The first-order chi connectivity index (χ1) is 8.72. The Labute approximate surface area is 111 Å². The fourth-order valence-corrected chi connectivity index (χ4v) is 2.76. The summed E-state index contributed by atoms with van der Waals surface area (Å²) >= 11 is 0. The van der Waals surface area contributed by atoms with Crippen LogP contribution in [0.1, 0.15) is 45.1 Å². The van der Waals surface area contributed by atoms with Gasteiger partial charge in [0.1, 0.15) is 11.9 Å². The zero-order valence-corrected chi connectivity index (χ0v) is 11.6. The maximum absolute atomic E-state index is 6.22. The molecule has 98 valence electrons. The monoisotopic (exact) mass is 244 g/mol. The van der Waals surface area contributed by atoms with Crippen LogP contribution in [0.4, 0.5) is 0 Å². The van der Waals surface area contributed by atoms with Crippen molar-refractivity contribution in [1.82, 2.24) is 0 Å². The van der Waals surface area contributed by atoms with Gasteiger partial charge in [0.25, 0.3) is 0 Å². The van der Waals surface area contributed by atoms with Gasteiger partial charge in [-0.3, -0.25) is 0 Å². The molecule has 1 aromatic carbocycles. The first-order valence-corrected chi connectivity index (χ1v) is 7.48. The molecule has 2 fully saturated rings. The van der Waals surface area contributed by atoms with E-state index in [4.69, 9.17) is 4.74 Å². The highest BCUT2D eigenvalue weighted by Crippen LogP contribution is 2.46. The Morgan fingerprint density at radius 3 is 2.00 bits per heavy atom. The van der Waals surface area contributed by atoms with Gasteiger partial charge in [-0.2, -0.15) is 0 Å². The second kappa shape index (κ2) is 4.95. The number of hydrogen-bond donors (Lipinski definition) is 0. The second-order valence-electron chi connectivity index (χ2n) is 6.50. The van der Waals surface area contributed by atoms with Crippen LogP contribution in [0.25, 0.3) is 0 Å².